The maximum absolute atomic E-state index is 6.67. The first kappa shape index (κ1) is 30.6. The van der Waals surface area contributed by atoms with Gasteiger partial charge in [0.05, 0.1) is 0 Å². The van der Waals surface area contributed by atoms with Crippen molar-refractivity contribution in [2.45, 2.75) is 55.4 Å². The van der Waals surface area contributed by atoms with Crippen LogP contribution in [0.15, 0.2) is 85.4 Å². The van der Waals surface area contributed by atoms with Gasteiger partial charge in [-0.25, -0.2) is 0 Å². The van der Waals surface area contributed by atoms with Crippen molar-refractivity contribution in [3.05, 3.63) is 117 Å². The van der Waals surface area contributed by atoms with Crippen LogP contribution in [0.4, 0.5) is 0 Å². The van der Waals surface area contributed by atoms with Gasteiger partial charge < -0.3 is 21.6 Å². The Morgan fingerprint density at radius 2 is 0.913 bits per heavy atom. The summed E-state index contributed by atoms with van der Waals surface area (Å²) >= 11 is 0. The largest absolute Gasteiger partial charge is 0.453 e. The summed E-state index contributed by atoms with van der Waals surface area (Å²) in [6, 6.07) is 25.1. The highest BCUT2D eigenvalue weighted by Gasteiger charge is 2.15. The molecule has 234 valence electrons. The molecule has 0 fully saturated rings. The highest BCUT2D eigenvalue weighted by Crippen LogP contribution is 2.45. The van der Waals surface area contributed by atoms with Gasteiger partial charge in [0, 0.05) is 32.3 Å². The average Bonchev–Trinajstić information content (AvgIpc) is 3.23. The molecule has 0 spiro atoms. The highest BCUT2D eigenvalue weighted by atomic mass is 32.6. The third kappa shape index (κ3) is 5.82. The maximum Gasteiger partial charge on any atom is 0.453 e. The normalized spacial score (nSPS) is 11.9. The molecule has 7 aromatic rings. The van der Waals surface area contributed by atoms with Gasteiger partial charge in [-0.05, 0) is 142 Å². The van der Waals surface area contributed by atoms with Crippen molar-refractivity contribution in [2.24, 2.45) is 0 Å². The lowest BCUT2D eigenvalue weighted by atomic mass is 10.0. The van der Waals surface area contributed by atoms with E-state index in [4.69, 9.17) is 21.6 Å². The zero-order valence-corrected chi connectivity index (χ0v) is 29.9. The van der Waals surface area contributed by atoms with Crippen molar-refractivity contribution in [2.75, 3.05) is 0 Å². The summed E-state index contributed by atoms with van der Waals surface area (Å²) in [4.78, 5) is 0. The molecule has 0 N–H and O–H groups in total. The summed E-state index contributed by atoms with van der Waals surface area (Å²) in [6.45, 7) is 16.9. The molecule has 0 saturated carbocycles. The Morgan fingerprint density at radius 3 is 1.46 bits per heavy atom. The second-order valence-electron chi connectivity index (χ2n) is 12.3. The summed E-state index contributed by atoms with van der Waals surface area (Å²) in [5.74, 6) is 1.25. The van der Waals surface area contributed by atoms with Gasteiger partial charge in [0.1, 0.15) is 28.2 Å². The molecule has 0 saturated heterocycles. The van der Waals surface area contributed by atoms with E-state index in [2.05, 4.69) is 104 Å². The summed E-state index contributed by atoms with van der Waals surface area (Å²) in [5.41, 5.74) is 11.6. The standard InChI is InChI=1S/C38H36O5P2S/c1-21-12-25(5)35-31(16-21)32-17-22(2)13-26(6)36(32)42-44(41-35)39-29-10-9-11-30(20-29)40-45-43-37-27(7)14-23(3)18-33(37)34-19-24(4)15-28(8)38(34)46-45/h9-20H,1-8H3. The van der Waals surface area contributed by atoms with Crippen LogP contribution in [0.1, 0.15) is 44.5 Å². The Balaban J connectivity index is 1.34. The molecule has 1 atom stereocenters. The zero-order valence-electron chi connectivity index (χ0n) is 27.3. The third-order valence-corrected chi connectivity index (χ3v) is 12.1. The maximum atomic E-state index is 6.67. The molecule has 2 heterocycles. The van der Waals surface area contributed by atoms with Gasteiger partial charge in [0.2, 0.25) is 0 Å². The Labute approximate surface area is 274 Å². The van der Waals surface area contributed by atoms with Crippen LogP contribution in [0.3, 0.4) is 0 Å². The molecule has 46 heavy (non-hydrogen) atoms. The summed E-state index contributed by atoms with van der Waals surface area (Å²) in [7, 11) is -1.58. The van der Waals surface area contributed by atoms with Crippen LogP contribution in [0.2, 0.25) is 0 Å². The first-order chi connectivity index (χ1) is 22.0. The predicted molar refractivity (Wildman–Crippen MR) is 195 cm³/mol. The molecule has 0 aliphatic rings. The molecular formula is C38H36O5P2S. The van der Waals surface area contributed by atoms with Crippen molar-refractivity contribution in [1.82, 2.24) is 0 Å². The van der Waals surface area contributed by atoms with Crippen LogP contribution >= 0.6 is 26.4 Å². The van der Waals surface area contributed by atoms with Crippen LogP contribution in [-0.4, -0.2) is 0 Å². The van der Waals surface area contributed by atoms with E-state index in [1.165, 1.54) is 37.9 Å². The number of hydrogen-bond donors (Lipinski definition) is 0. The third-order valence-electron chi connectivity index (χ3n) is 8.08. The molecule has 0 aliphatic carbocycles. The number of hydrogen-bond acceptors (Lipinski definition) is 6. The summed E-state index contributed by atoms with van der Waals surface area (Å²) < 4.78 is 33.9. The Morgan fingerprint density at radius 1 is 0.478 bits per heavy atom. The number of benzene rings is 5. The van der Waals surface area contributed by atoms with Gasteiger partial charge in [0.15, 0.2) is 0 Å². The Kier molecular flexibility index (Phi) is 7.93. The van der Waals surface area contributed by atoms with Gasteiger partial charge in [-0.3, -0.25) is 0 Å². The molecule has 8 heteroatoms. The topological polar surface area (TPSA) is 57.9 Å². The summed E-state index contributed by atoms with van der Waals surface area (Å²) in [5, 5.41) is 4.34. The predicted octanol–water partition coefficient (Wildman–Crippen LogP) is 13.5. The lowest BCUT2D eigenvalue weighted by molar-refractivity contribution is 0.494. The number of fused-ring (bicyclic) bond motifs is 6. The first-order valence-corrected chi connectivity index (χ1v) is 19.0. The minimum absolute atomic E-state index is 0.595. The van der Waals surface area contributed by atoms with E-state index >= 15 is 0 Å². The quantitative estimate of drug-likeness (QED) is 0.187. The van der Waals surface area contributed by atoms with Crippen LogP contribution in [-0.2, 0) is 0 Å². The Bertz CT molecular complexity index is 2120. The lowest BCUT2D eigenvalue weighted by Crippen LogP contribution is -1.83. The zero-order chi connectivity index (χ0) is 32.3. The minimum Gasteiger partial charge on any atom is -0.409 e. The monoisotopic (exact) mass is 666 g/mol. The van der Waals surface area contributed by atoms with E-state index in [0.29, 0.717) is 11.5 Å². The minimum atomic E-state index is -1.81. The lowest BCUT2D eigenvalue weighted by Gasteiger charge is -2.07. The molecule has 5 nitrogen and oxygen atoms in total. The second-order valence-corrected chi connectivity index (χ2v) is 16.1. The van der Waals surface area contributed by atoms with Crippen molar-refractivity contribution < 1.29 is 21.6 Å². The molecule has 5 aromatic carbocycles. The molecule has 0 aliphatic heterocycles. The number of rotatable bonds is 4. The number of aryl methyl sites for hydroxylation is 8. The van der Waals surface area contributed by atoms with Crippen molar-refractivity contribution in [1.29, 1.82) is 0 Å². The van der Waals surface area contributed by atoms with E-state index in [9.17, 15) is 0 Å². The van der Waals surface area contributed by atoms with Crippen LogP contribution in [0, 0.1) is 55.4 Å². The smallest absolute Gasteiger partial charge is 0.409 e. The molecule has 2 aromatic heterocycles. The van der Waals surface area contributed by atoms with E-state index in [1.54, 1.807) is 10.9 Å². The van der Waals surface area contributed by atoms with Crippen LogP contribution in [0.5, 0.6) is 11.5 Å². The van der Waals surface area contributed by atoms with Gasteiger partial charge in [-0.15, -0.1) is 0 Å². The Hall–Kier alpha value is -4.08. The highest BCUT2D eigenvalue weighted by molar-refractivity contribution is 7.87. The van der Waals surface area contributed by atoms with Crippen molar-refractivity contribution in [3.63, 3.8) is 0 Å². The van der Waals surface area contributed by atoms with Gasteiger partial charge >= 0.3 is 15.4 Å². The van der Waals surface area contributed by atoms with Crippen LogP contribution in [0.25, 0.3) is 43.0 Å². The van der Waals surface area contributed by atoms with Gasteiger partial charge in [-0.1, -0.05) is 35.9 Å². The SMILES string of the molecule is Cc1cc(C)c2op(Oc3cccc(Op4oc5c(C)cc(C)cc5c5cc(C)cc(C)c5s4)c3)oc3c(C)cc(C)cc3c2c1. The molecule has 0 radical (unpaired) electrons. The van der Waals surface area contributed by atoms with Gasteiger partial charge in [-0.2, -0.15) is 0 Å². The van der Waals surface area contributed by atoms with E-state index in [-0.39, 0.29) is 0 Å². The van der Waals surface area contributed by atoms with Crippen LogP contribution < -0.4 is 9.05 Å². The van der Waals surface area contributed by atoms with Crippen molar-refractivity contribution >= 4 is 69.4 Å². The van der Waals surface area contributed by atoms with E-state index in [0.717, 1.165) is 49.6 Å². The van der Waals surface area contributed by atoms with E-state index < -0.39 is 15.4 Å². The summed E-state index contributed by atoms with van der Waals surface area (Å²) in [6.07, 6.45) is 0. The second kappa shape index (κ2) is 11.9. The van der Waals surface area contributed by atoms with Gasteiger partial charge in [0.25, 0.3) is 0 Å². The fourth-order valence-corrected chi connectivity index (χ4v) is 10.7. The fourth-order valence-electron chi connectivity index (χ4n) is 6.27. The first-order valence-electron chi connectivity index (χ1n) is 15.3. The fraction of sp³-hybridized carbons (Fsp3) is 0.211. The molecule has 1 unspecified atom stereocenters. The van der Waals surface area contributed by atoms with E-state index in [1.807, 2.05) is 24.3 Å². The molecule has 7 rings (SSSR count). The molecule has 0 bridgehead atoms. The molecule has 0 amide bonds. The van der Waals surface area contributed by atoms with Crippen molar-refractivity contribution in [3.8, 4) is 11.5 Å². The average molecular weight is 667 g/mol. The molecular weight excluding hydrogens is 630 g/mol.